The molecule has 2 amide bonds. The van der Waals surface area contributed by atoms with Gasteiger partial charge in [-0.3, -0.25) is 14.4 Å². The summed E-state index contributed by atoms with van der Waals surface area (Å²) in [7, 11) is 0. The summed E-state index contributed by atoms with van der Waals surface area (Å²) in [5.74, 6) is -1.50. The van der Waals surface area contributed by atoms with Crippen molar-refractivity contribution < 1.29 is 133 Å². The summed E-state index contributed by atoms with van der Waals surface area (Å²) in [6.45, 7) is 12.6. The molecule has 29 nitrogen and oxygen atoms in total. The summed E-state index contributed by atoms with van der Waals surface area (Å²) in [5, 5.41) is 162. The highest BCUT2D eigenvalue weighted by Gasteiger charge is 2.69. The summed E-state index contributed by atoms with van der Waals surface area (Å²) < 4.78 is 61.3. The third-order valence-corrected chi connectivity index (χ3v) is 21.6. The lowest BCUT2D eigenvalue weighted by atomic mass is 9.41. The van der Waals surface area contributed by atoms with Gasteiger partial charge in [0.1, 0.15) is 110 Å². The van der Waals surface area contributed by atoms with Crippen LogP contribution in [0.4, 0.5) is 0 Å². The van der Waals surface area contributed by atoms with Crippen molar-refractivity contribution in [2.45, 2.75) is 273 Å². The maximum Gasteiger partial charge on any atom is 0.217 e. The van der Waals surface area contributed by atoms with E-state index in [2.05, 4.69) is 31.4 Å². The van der Waals surface area contributed by atoms with Crippen LogP contribution in [0, 0.1) is 34.0 Å². The van der Waals surface area contributed by atoms with Gasteiger partial charge in [0.2, 0.25) is 11.8 Å². The number of rotatable bonds is 19. The molecule has 8 fully saturated rings. The number of amides is 2. The molecule has 1 unspecified atom stereocenters. The predicted octanol–water partition coefficient (Wildman–Crippen LogP) is -3.96. The van der Waals surface area contributed by atoms with Gasteiger partial charge in [-0.15, -0.1) is 0 Å². The molecule has 5 heterocycles. The van der Waals surface area contributed by atoms with Gasteiger partial charge in [-0.05, 0) is 82.6 Å². The first kappa shape index (κ1) is 71.4. The first-order valence-corrected chi connectivity index (χ1v) is 31.5. The standard InChI is InChI=1S/C61H98N2O27/c1-24(2)16-28(68)17-25(3)30-10-11-31-29-12-15-61(80)58(6,7)39(13-14-59(61,8)32(29)18-38(70)60(30,31)9)88-57-52(46(75)37(23-83-57)87-53-40(62-26(4)66)47(76)43(72)34(19-64)84-53)89-54-41(63-27(5)67)48(77)45(74)36(86-54)22-82-56-51(42(71)33(69)21-81-56)90-55-50(79)49(78)44(73)35(20-65)85-55/h16,25,30,32-57,64-65,69-80H,10-15,17-23H2,1-9H3,(H,62,66)(H,63,67)/t25-,30-,32?,33-,34-,35-,36-,37-,38-,39+,40-,41-,42+,43+,44-,45-,46+,47-,48-,49+,50-,51-,52-,53+,54+,55+,56+,57+,59-,60-,61-/m1/s1. The number of carbonyl (C=O) groups is 3. The topological polar surface area (TPSA) is 451 Å². The van der Waals surface area contributed by atoms with Gasteiger partial charge >= 0.3 is 0 Å². The lowest BCUT2D eigenvalue weighted by molar-refractivity contribution is -0.378. The third-order valence-electron chi connectivity index (χ3n) is 21.6. The molecule has 90 heavy (non-hydrogen) atoms. The van der Waals surface area contributed by atoms with E-state index in [1.165, 1.54) is 11.1 Å². The Morgan fingerprint density at radius 3 is 1.79 bits per heavy atom. The van der Waals surface area contributed by atoms with E-state index in [1.54, 1.807) is 6.08 Å². The zero-order valence-corrected chi connectivity index (χ0v) is 52.5. The maximum absolute atomic E-state index is 13.5. The second-order valence-corrected chi connectivity index (χ2v) is 27.8. The van der Waals surface area contributed by atoms with E-state index >= 15 is 0 Å². The summed E-state index contributed by atoms with van der Waals surface area (Å²) in [5.41, 5.74) is -0.580. The van der Waals surface area contributed by atoms with Crippen molar-refractivity contribution in [3.05, 3.63) is 22.8 Å². The number of aliphatic hydroxyl groups is 14. The van der Waals surface area contributed by atoms with Gasteiger partial charge in [0.05, 0.1) is 50.8 Å². The molecule has 5 saturated heterocycles. The summed E-state index contributed by atoms with van der Waals surface area (Å²) >= 11 is 0. The Morgan fingerprint density at radius 1 is 0.622 bits per heavy atom. The molecular formula is C61H98N2O27. The molecule has 3 saturated carbocycles. The van der Waals surface area contributed by atoms with E-state index in [0.717, 1.165) is 32.3 Å². The van der Waals surface area contributed by atoms with Crippen LogP contribution in [0.25, 0.3) is 0 Å². The largest absolute Gasteiger partial charge is 0.394 e. The fourth-order valence-corrected chi connectivity index (χ4v) is 16.5. The van der Waals surface area contributed by atoms with Crippen molar-refractivity contribution in [1.29, 1.82) is 0 Å². The number of ether oxygens (including phenoxy) is 10. The zero-order chi connectivity index (χ0) is 66.0. The Hall–Kier alpha value is -2.87. The highest BCUT2D eigenvalue weighted by atomic mass is 16.8. The van der Waals surface area contributed by atoms with Crippen LogP contribution >= 0.6 is 0 Å². The molecule has 5 aliphatic heterocycles. The summed E-state index contributed by atoms with van der Waals surface area (Å²) in [6.07, 6.45) is -32.6. The molecule has 9 rings (SSSR count). The normalized spacial score (nSPS) is 48.1. The van der Waals surface area contributed by atoms with Crippen molar-refractivity contribution in [2.75, 3.05) is 33.0 Å². The van der Waals surface area contributed by atoms with Crippen LogP contribution in [0.2, 0.25) is 0 Å². The van der Waals surface area contributed by atoms with Gasteiger partial charge in [0.25, 0.3) is 0 Å². The van der Waals surface area contributed by atoms with Crippen LogP contribution < -0.4 is 10.6 Å². The first-order chi connectivity index (χ1) is 42.2. The summed E-state index contributed by atoms with van der Waals surface area (Å²) in [6, 6.07) is -3.12. The molecule has 16 N–H and O–H groups in total. The van der Waals surface area contributed by atoms with Gasteiger partial charge in [0, 0.05) is 36.5 Å². The zero-order valence-electron chi connectivity index (χ0n) is 52.5. The minimum atomic E-state index is -1.95. The Bertz CT molecular complexity index is 2580. The lowest BCUT2D eigenvalue weighted by Gasteiger charge is -2.67. The second-order valence-electron chi connectivity index (χ2n) is 27.8. The number of ketones is 1. The first-order valence-electron chi connectivity index (χ1n) is 31.5. The highest BCUT2D eigenvalue weighted by Crippen LogP contribution is 2.70. The minimum Gasteiger partial charge on any atom is -0.394 e. The minimum absolute atomic E-state index is 0.00994. The van der Waals surface area contributed by atoms with Crippen LogP contribution in [0.1, 0.15) is 114 Å². The lowest BCUT2D eigenvalue weighted by Crippen LogP contribution is -2.71. The van der Waals surface area contributed by atoms with Crippen LogP contribution in [-0.2, 0) is 61.8 Å². The molecular weight excluding hydrogens is 1190 g/mol. The molecule has 9 aliphatic rings. The van der Waals surface area contributed by atoms with E-state index in [0.29, 0.717) is 38.5 Å². The van der Waals surface area contributed by atoms with Gasteiger partial charge in [-0.25, -0.2) is 0 Å². The van der Waals surface area contributed by atoms with E-state index in [-0.39, 0.29) is 23.5 Å². The molecule has 0 aromatic heterocycles. The average molecular weight is 1290 g/mol. The number of carbonyl (C=O) groups excluding carboxylic acids is 3. The van der Waals surface area contributed by atoms with Crippen LogP contribution in [0.5, 0.6) is 0 Å². The van der Waals surface area contributed by atoms with Crippen molar-refractivity contribution >= 4 is 17.6 Å². The number of fused-ring (bicyclic) bond motifs is 4. The Kier molecular flexibility index (Phi) is 22.3. The molecule has 0 bridgehead atoms. The van der Waals surface area contributed by atoms with Crippen molar-refractivity contribution in [3.8, 4) is 0 Å². The van der Waals surface area contributed by atoms with E-state index in [9.17, 15) is 85.9 Å². The van der Waals surface area contributed by atoms with Crippen molar-refractivity contribution in [2.24, 2.45) is 34.0 Å². The fourth-order valence-electron chi connectivity index (χ4n) is 16.5. The van der Waals surface area contributed by atoms with Crippen LogP contribution in [-0.4, -0.2) is 281 Å². The quantitative estimate of drug-likeness (QED) is 0.0333. The molecule has 514 valence electrons. The highest BCUT2D eigenvalue weighted by molar-refractivity contribution is 5.90. The monoisotopic (exact) mass is 1290 g/mol. The molecule has 31 atom stereocenters. The van der Waals surface area contributed by atoms with E-state index in [4.69, 9.17) is 47.4 Å². The molecule has 4 aliphatic carbocycles. The van der Waals surface area contributed by atoms with E-state index in [1.807, 2.05) is 27.7 Å². The van der Waals surface area contributed by atoms with Gasteiger partial charge in [-0.2, -0.15) is 0 Å². The maximum atomic E-state index is 13.5. The molecule has 29 heteroatoms. The number of hydrogen-bond acceptors (Lipinski definition) is 27. The molecule has 0 aromatic rings. The second kappa shape index (κ2) is 28.1. The third kappa shape index (κ3) is 13.3. The number of aliphatic hydroxyl groups excluding tert-OH is 13. The van der Waals surface area contributed by atoms with Crippen molar-refractivity contribution in [3.63, 3.8) is 0 Å². The SMILES string of the molecule is CC(=O)N[C@H]1[C@H](O[C@@H]2CO[C@@H](O[C@H]3CC[C@]4(C)C5C[C@@H](O)[C@@]6(C)C(=C5CC[C@@]4(O)C3(C)C)CC[C@@H]6[C@H](C)CC(=O)C=C(C)C)[C@H](O[C@@H]3O[C@H](CO[C@@H]4OC[C@@H](O)[C@H](O)[C@H]4O[C@@H]4O[C@H](CO)[C@@H](O)[C@H](O)[C@H]4O)[C@@H](O)[C@H](O)[C@H]3NC(C)=O)[C@H]2O)O[C@H](CO)[C@H](O)[C@@H]1O. The smallest absolute Gasteiger partial charge is 0.217 e. The number of nitrogens with one attached hydrogen (secondary N) is 2. The van der Waals surface area contributed by atoms with Crippen molar-refractivity contribution in [1.82, 2.24) is 10.6 Å². The van der Waals surface area contributed by atoms with Gasteiger partial charge in [0.15, 0.2) is 37.2 Å². The molecule has 0 radical (unpaired) electrons. The Labute approximate surface area is 522 Å². The summed E-state index contributed by atoms with van der Waals surface area (Å²) in [4.78, 5) is 38.4. The Morgan fingerprint density at radius 2 is 1.18 bits per heavy atom. The predicted molar refractivity (Wildman–Crippen MR) is 306 cm³/mol. The molecule has 0 spiro atoms. The van der Waals surface area contributed by atoms with E-state index < -0.39 is 220 Å². The fraction of sp³-hybridized carbons (Fsp3) is 0.885. The van der Waals surface area contributed by atoms with Crippen LogP contribution in [0.15, 0.2) is 22.8 Å². The van der Waals surface area contributed by atoms with Gasteiger partial charge in [-0.1, -0.05) is 51.3 Å². The Balaban J connectivity index is 0.993. The molecule has 0 aromatic carbocycles. The number of allylic oxidation sites excluding steroid dienone is 3. The number of hydrogen-bond donors (Lipinski definition) is 16. The average Bonchev–Trinajstić information content (AvgIpc) is 1.77. The van der Waals surface area contributed by atoms with Gasteiger partial charge < -0.3 is 129 Å². The van der Waals surface area contributed by atoms with Crippen LogP contribution in [0.3, 0.4) is 0 Å².